The van der Waals surface area contributed by atoms with E-state index in [4.69, 9.17) is 11.6 Å². The van der Waals surface area contributed by atoms with Crippen molar-refractivity contribution in [3.63, 3.8) is 0 Å². The standard InChI is InChI=1S/C18H21ClN4O3/c1-22-10-13(9-21-22)6-17(25)23-11-15(24)7-16(23)18(26)20-8-12-2-4-14(19)5-3-12/h2-5,9-10,15-16,24H,6-8,11H2,1H3,(H,20,26)/t15-,16+/m1/s1. The molecule has 1 aromatic carbocycles. The number of carbonyl (C=O) groups is 2. The molecule has 0 spiro atoms. The highest BCUT2D eigenvalue weighted by molar-refractivity contribution is 6.30. The molecule has 2 atom stereocenters. The number of hydrogen-bond acceptors (Lipinski definition) is 4. The van der Waals surface area contributed by atoms with Crippen LogP contribution in [0.1, 0.15) is 17.5 Å². The number of aryl methyl sites for hydroxylation is 1. The van der Waals surface area contributed by atoms with Gasteiger partial charge < -0.3 is 15.3 Å². The first-order chi connectivity index (χ1) is 12.4. The molecular weight excluding hydrogens is 356 g/mol. The van der Waals surface area contributed by atoms with Crippen LogP contribution in [0.4, 0.5) is 0 Å². The molecule has 2 aromatic rings. The molecule has 1 fully saturated rings. The zero-order valence-corrected chi connectivity index (χ0v) is 15.2. The van der Waals surface area contributed by atoms with Crippen molar-refractivity contribution >= 4 is 23.4 Å². The molecule has 3 rings (SSSR count). The third-order valence-corrected chi connectivity index (χ3v) is 4.65. The zero-order chi connectivity index (χ0) is 18.7. The summed E-state index contributed by atoms with van der Waals surface area (Å²) in [6, 6.07) is 6.51. The molecule has 7 nitrogen and oxygen atoms in total. The fourth-order valence-corrected chi connectivity index (χ4v) is 3.21. The molecule has 2 heterocycles. The highest BCUT2D eigenvalue weighted by atomic mass is 35.5. The van der Waals surface area contributed by atoms with Crippen LogP contribution in [0.25, 0.3) is 0 Å². The Kier molecular flexibility index (Phi) is 5.58. The molecule has 2 N–H and O–H groups in total. The van der Waals surface area contributed by atoms with E-state index in [0.29, 0.717) is 11.6 Å². The van der Waals surface area contributed by atoms with E-state index >= 15 is 0 Å². The summed E-state index contributed by atoms with van der Waals surface area (Å²) in [5.41, 5.74) is 1.69. The molecule has 0 bridgehead atoms. The average molecular weight is 377 g/mol. The van der Waals surface area contributed by atoms with E-state index in [9.17, 15) is 14.7 Å². The van der Waals surface area contributed by atoms with Crippen LogP contribution in [0.5, 0.6) is 0 Å². The fraction of sp³-hybridized carbons (Fsp3) is 0.389. The number of aliphatic hydroxyl groups excluding tert-OH is 1. The minimum absolute atomic E-state index is 0.154. The van der Waals surface area contributed by atoms with E-state index in [-0.39, 0.29) is 31.2 Å². The molecule has 1 aliphatic rings. The molecule has 1 aliphatic heterocycles. The number of amides is 2. The summed E-state index contributed by atoms with van der Waals surface area (Å²) in [4.78, 5) is 26.6. The molecule has 2 amide bonds. The summed E-state index contributed by atoms with van der Waals surface area (Å²) in [7, 11) is 1.78. The Balaban J connectivity index is 1.61. The van der Waals surface area contributed by atoms with Crippen LogP contribution >= 0.6 is 11.6 Å². The van der Waals surface area contributed by atoms with Crippen LogP contribution < -0.4 is 5.32 Å². The Morgan fingerprint density at radius 1 is 1.31 bits per heavy atom. The quantitative estimate of drug-likeness (QED) is 0.811. The van der Waals surface area contributed by atoms with Gasteiger partial charge in [0.25, 0.3) is 0 Å². The summed E-state index contributed by atoms with van der Waals surface area (Å²) < 4.78 is 1.62. The van der Waals surface area contributed by atoms with Gasteiger partial charge in [0.05, 0.1) is 18.7 Å². The van der Waals surface area contributed by atoms with E-state index in [1.807, 2.05) is 12.1 Å². The summed E-state index contributed by atoms with van der Waals surface area (Å²) in [5.74, 6) is -0.461. The second kappa shape index (κ2) is 7.88. The lowest BCUT2D eigenvalue weighted by molar-refractivity contribution is -0.138. The minimum Gasteiger partial charge on any atom is -0.391 e. The second-order valence-electron chi connectivity index (χ2n) is 6.49. The van der Waals surface area contributed by atoms with Crippen LogP contribution in [-0.4, -0.2) is 50.3 Å². The molecule has 0 radical (unpaired) electrons. The van der Waals surface area contributed by atoms with Crippen LogP contribution in [0.3, 0.4) is 0 Å². The molecule has 1 aromatic heterocycles. The number of hydrogen-bond donors (Lipinski definition) is 2. The van der Waals surface area contributed by atoms with Crippen molar-refractivity contribution < 1.29 is 14.7 Å². The van der Waals surface area contributed by atoms with Gasteiger partial charge in [-0.3, -0.25) is 14.3 Å². The molecule has 0 aliphatic carbocycles. The smallest absolute Gasteiger partial charge is 0.243 e. The van der Waals surface area contributed by atoms with Crippen molar-refractivity contribution in [2.24, 2.45) is 7.05 Å². The summed E-state index contributed by atoms with van der Waals surface area (Å²) in [5, 5.41) is 17.5. The number of rotatable bonds is 5. The lowest BCUT2D eigenvalue weighted by Crippen LogP contribution is -2.46. The van der Waals surface area contributed by atoms with Crippen molar-refractivity contribution in [3.05, 3.63) is 52.8 Å². The van der Waals surface area contributed by atoms with Gasteiger partial charge in [-0.2, -0.15) is 5.10 Å². The number of β-amino-alcohol motifs (C(OH)–C–C–N with tert-alkyl or cyclic N) is 1. The number of likely N-dealkylation sites (tertiary alicyclic amines) is 1. The predicted molar refractivity (Wildman–Crippen MR) is 96.3 cm³/mol. The van der Waals surface area contributed by atoms with Gasteiger partial charge in [-0.05, 0) is 23.3 Å². The largest absolute Gasteiger partial charge is 0.391 e. The van der Waals surface area contributed by atoms with E-state index in [1.54, 1.807) is 36.3 Å². The van der Waals surface area contributed by atoms with Crippen LogP contribution in [0, 0.1) is 0 Å². The third kappa shape index (κ3) is 4.42. The lowest BCUT2D eigenvalue weighted by Gasteiger charge is -2.23. The third-order valence-electron chi connectivity index (χ3n) is 4.40. The number of carbonyl (C=O) groups excluding carboxylic acids is 2. The van der Waals surface area contributed by atoms with Crippen LogP contribution in [0.2, 0.25) is 5.02 Å². The SMILES string of the molecule is Cn1cc(CC(=O)N2C[C@H](O)C[C@H]2C(=O)NCc2ccc(Cl)cc2)cn1. The van der Waals surface area contributed by atoms with E-state index < -0.39 is 12.1 Å². The van der Waals surface area contributed by atoms with Crippen molar-refractivity contribution in [2.75, 3.05) is 6.54 Å². The Bertz CT molecular complexity index is 790. The maximum Gasteiger partial charge on any atom is 0.243 e. The van der Waals surface area contributed by atoms with Gasteiger partial charge in [0.2, 0.25) is 11.8 Å². The topological polar surface area (TPSA) is 87.5 Å². The maximum atomic E-state index is 12.6. The first-order valence-corrected chi connectivity index (χ1v) is 8.77. The Morgan fingerprint density at radius 2 is 2.04 bits per heavy atom. The minimum atomic E-state index is -0.695. The number of nitrogens with zero attached hydrogens (tertiary/aromatic N) is 3. The van der Waals surface area contributed by atoms with E-state index in [0.717, 1.165) is 11.1 Å². The first-order valence-electron chi connectivity index (χ1n) is 8.39. The summed E-state index contributed by atoms with van der Waals surface area (Å²) >= 11 is 5.85. The van der Waals surface area contributed by atoms with Crippen molar-refractivity contribution in [2.45, 2.75) is 31.5 Å². The Labute approximate surface area is 156 Å². The predicted octanol–water partition coefficient (Wildman–Crippen LogP) is 0.894. The van der Waals surface area contributed by atoms with Crippen LogP contribution in [0.15, 0.2) is 36.7 Å². The van der Waals surface area contributed by atoms with Gasteiger partial charge in [-0.15, -0.1) is 0 Å². The molecule has 8 heteroatoms. The van der Waals surface area contributed by atoms with Crippen LogP contribution in [-0.2, 0) is 29.6 Å². The monoisotopic (exact) mass is 376 g/mol. The van der Waals surface area contributed by atoms with Gasteiger partial charge in [0, 0.05) is 37.8 Å². The van der Waals surface area contributed by atoms with Crippen molar-refractivity contribution in [3.8, 4) is 0 Å². The Hall–Kier alpha value is -2.38. The van der Waals surface area contributed by atoms with E-state index in [2.05, 4.69) is 10.4 Å². The highest BCUT2D eigenvalue weighted by Gasteiger charge is 2.38. The molecule has 26 heavy (non-hydrogen) atoms. The Morgan fingerprint density at radius 3 is 2.69 bits per heavy atom. The molecular formula is C18H21ClN4O3. The fourth-order valence-electron chi connectivity index (χ4n) is 3.09. The molecule has 0 unspecified atom stereocenters. The molecule has 0 saturated carbocycles. The van der Waals surface area contributed by atoms with Gasteiger partial charge >= 0.3 is 0 Å². The molecule has 138 valence electrons. The summed E-state index contributed by atoms with van der Waals surface area (Å²) in [6.07, 6.45) is 3.09. The van der Waals surface area contributed by atoms with Crippen molar-refractivity contribution in [1.82, 2.24) is 20.0 Å². The second-order valence-corrected chi connectivity index (χ2v) is 6.93. The highest BCUT2D eigenvalue weighted by Crippen LogP contribution is 2.20. The number of nitrogens with one attached hydrogen (secondary N) is 1. The maximum absolute atomic E-state index is 12.6. The summed E-state index contributed by atoms with van der Waals surface area (Å²) in [6.45, 7) is 0.505. The average Bonchev–Trinajstić information content (AvgIpc) is 3.19. The van der Waals surface area contributed by atoms with Gasteiger partial charge in [-0.25, -0.2) is 0 Å². The van der Waals surface area contributed by atoms with Gasteiger partial charge in [0.1, 0.15) is 6.04 Å². The van der Waals surface area contributed by atoms with E-state index in [1.165, 1.54) is 4.90 Å². The first kappa shape index (κ1) is 18.4. The number of aliphatic hydroxyl groups is 1. The number of aromatic nitrogens is 2. The molecule has 1 saturated heterocycles. The number of halogens is 1. The number of benzene rings is 1. The zero-order valence-electron chi connectivity index (χ0n) is 14.4. The lowest BCUT2D eigenvalue weighted by atomic mass is 10.1. The normalized spacial score (nSPS) is 19.6. The van der Waals surface area contributed by atoms with Gasteiger partial charge in [0.15, 0.2) is 0 Å². The van der Waals surface area contributed by atoms with Crippen molar-refractivity contribution in [1.29, 1.82) is 0 Å². The van der Waals surface area contributed by atoms with Gasteiger partial charge in [-0.1, -0.05) is 23.7 Å².